The Morgan fingerprint density at radius 3 is 2.47 bits per heavy atom. The first-order chi connectivity index (χ1) is 6.97. The number of methoxy groups -OCH3 is 1. The number of ether oxygens (including phenoxy) is 1. The maximum absolute atomic E-state index is 11.1. The Kier molecular flexibility index (Phi) is 6.08. The van der Waals surface area contributed by atoms with Gasteiger partial charge in [0, 0.05) is 19.4 Å². The summed E-state index contributed by atoms with van der Waals surface area (Å²) < 4.78 is 4.42. The molecule has 0 aromatic rings. The monoisotopic (exact) mass is 215 g/mol. The van der Waals surface area contributed by atoms with Crippen LogP contribution < -0.4 is 11.1 Å². The molecule has 0 rings (SSSR count). The normalized spacial score (nSPS) is 11.6. The van der Waals surface area contributed by atoms with E-state index in [1.165, 1.54) is 7.11 Å². The van der Waals surface area contributed by atoms with Crippen molar-refractivity contribution < 1.29 is 19.1 Å². The smallest absolute Gasteiger partial charge is 0.310 e. The second-order valence-electron chi connectivity index (χ2n) is 2.99. The van der Waals surface area contributed by atoms with Crippen molar-refractivity contribution in [2.75, 3.05) is 13.7 Å². The molecule has 1 radical (unpaired) electrons. The molecule has 0 bridgehead atoms. The van der Waals surface area contributed by atoms with E-state index in [4.69, 9.17) is 5.73 Å². The molecule has 0 aliphatic rings. The summed E-state index contributed by atoms with van der Waals surface area (Å²) in [4.78, 5) is 32.3. The summed E-state index contributed by atoms with van der Waals surface area (Å²) in [6, 6.07) is 0. The first-order valence-electron chi connectivity index (χ1n) is 4.43. The highest BCUT2D eigenvalue weighted by molar-refractivity contribution is 5.83. The zero-order chi connectivity index (χ0) is 11.8. The van der Waals surface area contributed by atoms with Crippen molar-refractivity contribution in [2.45, 2.75) is 12.8 Å². The number of nitrogens with two attached hydrogens (primary N) is 1. The van der Waals surface area contributed by atoms with Crippen LogP contribution >= 0.6 is 0 Å². The first-order valence-corrected chi connectivity index (χ1v) is 4.43. The van der Waals surface area contributed by atoms with Crippen molar-refractivity contribution in [3.05, 3.63) is 6.92 Å². The van der Waals surface area contributed by atoms with Gasteiger partial charge in [-0.1, -0.05) is 0 Å². The molecule has 0 aromatic heterocycles. The van der Waals surface area contributed by atoms with Crippen LogP contribution in [0.2, 0.25) is 0 Å². The van der Waals surface area contributed by atoms with E-state index >= 15 is 0 Å². The maximum atomic E-state index is 11.1. The molecule has 6 heteroatoms. The minimum Gasteiger partial charge on any atom is -0.469 e. The molecule has 0 fully saturated rings. The van der Waals surface area contributed by atoms with E-state index in [0.717, 1.165) is 0 Å². The third-order valence-corrected chi connectivity index (χ3v) is 1.68. The number of esters is 1. The van der Waals surface area contributed by atoms with Crippen LogP contribution in [-0.4, -0.2) is 31.4 Å². The van der Waals surface area contributed by atoms with Gasteiger partial charge in [0.25, 0.3) is 0 Å². The van der Waals surface area contributed by atoms with Gasteiger partial charge in [-0.25, -0.2) is 0 Å². The number of rotatable bonds is 6. The lowest BCUT2D eigenvalue weighted by atomic mass is 10.2. The van der Waals surface area contributed by atoms with E-state index < -0.39 is 17.8 Å². The van der Waals surface area contributed by atoms with Gasteiger partial charge in [-0.05, 0) is 6.92 Å². The topological polar surface area (TPSA) is 98.5 Å². The number of carbonyl (C=O) groups excluding carboxylic acids is 3. The lowest BCUT2D eigenvalue weighted by molar-refractivity contribution is -0.143. The Hall–Kier alpha value is -1.59. The average molecular weight is 215 g/mol. The van der Waals surface area contributed by atoms with Gasteiger partial charge in [0.2, 0.25) is 11.8 Å². The number of carbonyl (C=O) groups is 3. The summed E-state index contributed by atoms with van der Waals surface area (Å²) >= 11 is 0. The lowest BCUT2D eigenvalue weighted by Crippen LogP contribution is -2.32. The minimum absolute atomic E-state index is 0.00807. The minimum atomic E-state index is -0.646. The summed E-state index contributed by atoms with van der Waals surface area (Å²) in [7, 11) is 1.25. The molecule has 1 unspecified atom stereocenters. The number of amides is 2. The number of hydrogen-bond donors (Lipinski definition) is 2. The zero-order valence-corrected chi connectivity index (χ0v) is 8.62. The highest BCUT2D eigenvalue weighted by Crippen LogP contribution is 1.95. The summed E-state index contributed by atoms with van der Waals surface area (Å²) in [5.74, 6) is -2.02. The van der Waals surface area contributed by atoms with Gasteiger partial charge >= 0.3 is 5.97 Å². The SMILES string of the molecule is [CH2]C(CNC(=O)CCC(N)=O)C(=O)OC. The molecule has 0 saturated carbocycles. The molecule has 0 saturated heterocycles. The van der Waals surface area contributed by atoms with Crippen molar-refractivity contribution in [3.63, 3.8) is 0 Å². The molecular formula is C9H15N2O4. The van der Waals surface area contributed by atoms with E-state index in [1.54, 1.807) is 0 Å². The van der Waals surface area contributed by atoms with Gasteiger partial charge in [-0.3, -0.25) is 14.4 Å². The third kappa shape index (κ3) is 6.48. The molecule has 0 aliphatic carbocycles. The molecular weight excluding hydrogens is 200 g/mol. The van der Waals surface area contributed by atoms with Crippen molar-refractivity contribution in [3.8, 4) is 0 Å². The second kappa shape index (κ2) is 6.80. The van der Waals surface area contributed by atoms with E-state index in [1.807, 2.05) is 0 Å². The molecule has 1 atom stereocenters. The lowest BCUT2D eigenvalue weighted by Gasteiger charge is -2.09. The molecule has 0 heterocycles. The Balaban J connectivity index is 3.71. The molecule has 3 N–H and O–H groups in total. The molecule has 15 heavy (non-hydrogen) atoms. The van der Waals surface area contributed by atoms with Crippen molar-refractivity contribution in [2.24, 2.45) is 11.7 Å². The van der Waals surface area contributed by atoms with Gasteiger partial charge in [-0.2, -0.15) is 0 Å². The molecule has 0 aliphatic heterocycles. The van der Waals surface area contributed by atoms with Crippen LogP contribution in [0, 0.1) is 12.8 Å². The average Bonchev–Trinajstić information content (AvgIpc) is 2.21. The van der Waals surface area contributed by atoms with Gasteiger partial charge < -0.3 is 15.8 Å². The second-order valence-corrected chi connectivity index (χ2v) is 2.99. The highest BCUT2D eigenvalue weighted by atomic mass is 16.5. The largest absolute Gasteiger partial charge is 0.469 e. The third-order valence-electron chi connectivity index (χ3n) is 1.68. The summed E-state index contributed by atoms with van der Waals surface area (Å²) in [5.41, 5.74) is 4.86. The molecule has 6 nitrogen and oxygen atoms in total. The van der Waals surface area contributed by atoms with Crippen LogP contribution in [0.25, 0.3) is 0 Å². The van der Waals surface area contributed by atoms with Crippen molar-refractivity contribution >= 4 is 17.8 Å². The predicted octanol–water partition coefficient (Wildman–Crippen LogP) is -1.01. The fraction of sp³-hybridized carbons (Fsp3) is 0.556. The van der Waals surface area contributed by atoms with E-state index in [0.29, 0.717) is 0 Å². The van der Waals surface area contributed by atoms with Crippen LogP contribution in [0.4, 0.5) is 0 Å². The summed E-state index contributed by atoms with van der Waals surface area (Å²) in [6.07, 6.45) is 0.00902. The Labute approximate surface area is 88.1 Å². The van der Waals surface area contributed by atoms with Gasteiger partial charge in [-0.15, -0.1) is 0 Å². The highest BCUT2D eigenvalue weighted by Gasteiger charge is 2.14. The Bertz CT molecular complexity index is 252. The van der Waals surface area contributed by atoms with Crippen LogP contribution in [0.3, 0.4) is 0 Å². The molecule has 0 aromatic carbocycles. The van der Waals surface area contributed by atoms with Gasteiger partial charge in [0.15, 0.2) is 0 Å². The van der Waals surface area contributed by atoms with E-state index in [9.17, 15) is 14.4 Å². The maximum Gasteiger partial charge on any atom is 0.310 e. The predicted molar refractivity (Wildman–Crippen MR) is 52.3 cm³/mol. The van der Waals surface area contributed by atoms with Gasteiger partial charge in [0.05, 0.1) is 13.0 Å². The van der Waals surface area contributed by atoms with Crippen LogP contribution in [-0.2, 0) is 19.1 Å². The Morgan fingerprint density at radius 1 is 1.40 bits per heavy atom. The van der Waals surface area contributed by atoms with Crippen molar-refractivity contribution in [1.82, 2.24) is 5.32 Å². The quantitative estimate of drug-likeness (QED) is 0.555. The number of nitrogens with one attached hydrogen (secondary N) is 1. The molecule has 85 valence electrons. The molecule has 2 amide bonds. The number of hydrogen-bond acceptors (Lipinski definition) is 4. The van der Waals surface area contributed by atoms with E-state index in [2.05, 4.69) is 17.0 Å². The van der Waals surface area contributed by atoms with Crippen LogP contribution in [0.15, 0.2) is 0 Å². The zero-order valence-electron chi connectivity index (χ0n) is 8.62. The fourth-order valence-electron chi connectivity index (χ4n) is 0.812. The standard InChI is InChI=1S/C9H15N2O4/c1-6(9(14)15-2)5-11-8(13)4-3-7(10)12/h6H,1,3-5H2,2H3,(H2,10,12)(H,11,13). The number of primary amides is 1. The Morgan fingerprint density at radius 2 is 2.00 bits per heavy atom. The summed E-state index contributed by atoms with van der Waals surface area (Å²) in [5, 5.41) is 2.44. The van der Waals surface area contributed by atoms with Crippen molar-refractivity contribution in [1.29, 1.82) is 0 Å². The first kappa shape index (κ1) is 13.4. The van der Waals surface area contributed by atoms with Crippen LogP contribution in [0.5, 0.6) is 0 Å². The van der Waals surface area contributed by atoms with E-state index in [-0.39, 0.29) is 25.3 Å². The van der Waals surface area contributed by atoms with Gasteiger partial charge in [0.1, 0.15) is 0 Å². The fourth-order valence-corrected chi connectivity index (χ4v) is 0.812. The molecule has 0 spiro atoms. The van der Waals surface area contributed by atoms with Crippen LogP contribution in [0.1, 0.15) is 12.8 Å². The summed E-state index contributed by atoms with van der Waals surface area (Å²) in [6.45, 7) is 3.58.